The topological polar surface area (TPSA) is 101 Å². The predicted octanol–water partition coefficient (Wildman–Crippen LogP) is -1.54. The molecule has 0 radical (unpaired) electrons. The molecule has 1 saturated carbocycles. The van der Waals surface area contributed by atoms with E-state index in [4.69, 9.17) is 4.55 Å². The van der Waals surface area contributed by atoms with Crippen molar-refractivity contribution in [3.63, 3.8) is 0 Å². The molecule has 2 atom stereocenters. The molecule has 2 unspecified atom stereocenters. The minimum Gasteiger partial charge on any atom is -1.00 e. The van der Waals surface area contributed by atoms with E-state index >= 15 is 0 Å². The smallest absolute Gasteiger partial charge is 1.00 e. The summed E-state index contributed by atoms with van der Waals surface area (Å²) >= 11 is 0. The fourth-order valence-electron chi connectivity index (χ4n) is 2.65. The number of hydrogen-bond donors (Lipinski definition) is 2. The summed E-state index contributed by atoms with van der Waals surface area (Å²) in [6.07, 6.45) is 5.61. The van der Waals surface area contributed by atoms with Crippen LogP contribution in [0, 0.1) is 11.8 Å². The molecule has 6 nitrogen and oxygen atoms in total. The van der Waals surface area contributed by atoms with Gasteiger partial charge >= 0.3 is 35.5 Å². The van der Waals surface area contributed by atoms with E-state index in [2.05, 4.69) is 4.74 Å². The fraction of sp³-hybridized carbons (Fsp3) is 0.917. The van der Waals surface area contributed by atoms with E-state index in [9.17, 15) is 18.3 Å². The number of ether oxygens (including phenoxy) is 1. The molecule has 0 aromatic heterocycles. The molecule has 0 saturated heterocycles. The molecule has 2 N–H and O–H groups in total. The average molecular weight is 318 g/mol. The Morgan fingerprint density at radius 3 is 2.35 bits per heavy atom. The number of rotatable bonds is 6. The van der Waals surface area contributed by atoms with Gasteiger partial charge in [-0.05, 0) is 12.3 Å². The Balaban J connectivity index is 0. The van der Waals surface area contributed by atoms with Crippen LogP contribution in [0.3, 0.4) is 0 Å². The van der Waals surface area contributed by atoms with E-state index in [-0.39, 0.29) is 37.4 Å². The van der Waals surface area contributed by atoms with E-state index in [1.807, 2.05) is 0 Å². The third-order valence-corrected chi connectivity index (χ3v) is 4.59. The normalized spacial score (nSPS) is 19.8. The van der Waals surface area contributed by atoms with Crippen molar-refractivity contribution < 1.29 is 58.6 Å². The minimum atomic E-state index is -4.53. The van der Waals surface area contributed by atoms with Crippen LogP contribution < -0.4 is 29.6 Å². The van der Waals surface area contributed by atoms with E-state index in [1.54, 1.807) is 0 Å². The molecule has 0 amide bonds. The maximum absolute atomic E-state index is 11.6. The number of methoxy groups -OCH3 is 1. The van der Waals surface area contributed by atoms with Crippen molar-refractivity contribution in [2.75, 3.05) is 7.11 Å². The minimum absolute atomic E-state index is 0. The summed E-state index contributed by atoms with van der Waals surface area (Å²) in [7, 11) is -3.30. The van der Waals surface area contributed by atoms with Gasteiger partial charge in [0.1, 0.15) is 0 Å². The molecule has 0 heterocycles. The van der Waals surface area contributed by atoms with Gasteiger partial charge in [-0.3, -0.25) is 9.35 Å². The molecule has 1 fully saturated rings. The van der Waals surface area contributed by atoms with Crippen molar-refractivity contribution >= 4 is 16.1 Å². The zero-order valence-corrected chi connectivity index (χ0v) is 14.9. The van der Waals surface area contributed by atoms with Gasteiger partial charge in [0, 0.05) is 6.42 Å². The molecule has 8 heteroatoms. The quantitative estimate of drug-likeness (QED) is 0.350. The molecule has 0 aromatic carbocycles. The molecular formula is C12H23NaO6S. The Hall–Kier alpha value is 0.340. The molecule has 1 aliphatic carbocycles. The molecule has 1 aliphatic rings. The van der Waals surface area contributed by atoms with Crippen LogP contribution in [0.5, 0.6) is 0 Å². The van der Waals surface area contributed by atoms with Crippen molar-refractivity contribution in [2.24, 2.45) is 11.8 Å². The monoisotopic (exact) mass is 318 g/mol. The summed E-state index contributed by atoms with van der Waals surface area (Å²) in [5.41, 5.74) is -1.93. The van der Waals surface area contributed by atoms with Crippen molar-refractivity contribution in [3.05, 3.63) is 0 Å². The summed E-state index contributed by atoms with van der Waals surface area (Å²) in [5, 5.41) is 9.38. The van der Waals surface area contributed by atoms with Crippen LogP contribution in [0.1, 0.15) is 46.4 Å². The number of aliphatic hydroxyl groups excluding tert-OH is 1. The number of aliphatic hydroxyl groups is 1. The first-order chi connectivity index (χ1) is 8.84. The van der Waals surface area contributed by atoms with Crippen molar-refractivity contribution in [2.45, 2.75) is 50.4 Å². The summed E-state index contributed by atoms with van der Waals surface area (Å²) in [6.45, 7) is 0. The predicted molar refractivity (Wildman–Crippen MR) is 70.0 cm³/mol. The third kappa shape index (κ3) is 6.87. The third-order valence-electron chi connectivity index (χ3n) is 3.71. The second-order valence-electron chi connectivity index (χ2n) is 5.17. The first kappa shape index (κ1) is 20.3. The zero-order chi connectivity index (χ0) is 14.5. The van der Waals surface area contributed by atoms with Gasteiger partial charge in [-0.15, -0.1) is 0 Å². The summed E-state index contributed by atoms with van der Waals surface area (Å²) in [4.78, 5) is 11.6. The maximum Gasteiger partial charge on any atom is 1.00 e. The number of hydrogen-bond acceptors (Lipinski definition) is 5. The van der Waals surface area contributed by atoms with Crippen LogP contribution in [0.15, 0.2) is 0 Å². The number of carbonyl (C=O) groups is 1. The van der Waals surface area contributed by atoms with E-state index in [0.29, 0.717) is 12.3 Å². The van der Waals surface area contributed by atoms with Gasteiger partial charge in [0.05, 0.1) is 13.0 Å². The van der Waals surface area contributed by atoms with E-state index in [1.165, 1.54) is 13.5 Å². The first-order valence-corrected chi connectivity index (χ1v) is 8.07. The van der Waals surface area contributed by atoms with Crippen LogP contribution in [0.4, 0.5) is 0 Å². The van der Waals surface area contributed by atoms with Gasteiger partial charge in [-0.25, -0.2) is 0 Å². The van der Waals surface area contributed by atoms with Crippen LogP contribution in [-0.2, 0) is 19.6 Å². The van der Waals surface area contributed by atoms with Gasteiger partial charge < -0.3 is 11.3 Å². The van der Waals surface area contributed by atoms with Gasteiger partial charge in [-0.1, -0.05) is 32.1 Å². The Bertz CT molecular complexity index is 397. The van der Waals surface area contributed by atoms with Crippen LogP contribution in [-0.4, -0.2) is 36.6 Å². The molecule has 0 aliphatic heterocycles. The second kappa shape index (κ2) is 9.38. The maximum atomic E-state index is 11.6. The Labute approximate surface area is 143 Å². The Morgan fingerprint density at radius 1 is 1.35 bits per heavy atom. The SMILES string of the molecule is COC(=O)C(CC1CCCCC1)CC(O)S(=O)(=O)O.[H-].[Na+]. The fourth-order valence-corrected chi connectivity index (χ4v) is 3.12. The van der Waals surface area contributed by atoms with Crippen LogP contribution in [0.2, 0.25) is 0 Å². The average Bonchev–Trinajstić information content (AvgIpc) is 2.37. The van der Waals surface area contributed by atoms with Crippen molar-refractivity contribution in [1.29, 1.82) is 0 Å². The summed E-state index contributed by atoms with van der Waals surface area (Å²) in [6, 6.07) is 0. The molecular weight excluding hydrogens is 295 g/mol. The Morgan fingerprint density at radius 2 is 1.90 bits per heavy atom. The molecule has 0 bridgehead atoms. The van der Waals surface area contributed by atoms with E-state index in [0.717, 1.165) is 25.7 Å². The van der Waals surface area contributed by atoms with Gasteiger partial charge in [0.15, 0.2) is 5.44 Å². The zero-order valence-electron chi connectivity index (χ0n) is 13.1. The molecule has 1 rings (SSSR count). The van der Waals surface area contributed by atoms with Gasteiger partial charge in [-0.2, -0.15) is 8.42 Å². The first-order valence-electron chi connectivity index (χ1n) is 6.56. The second-order valence-corrected chi connectivity index (χ2v) is 6.74. The van der Waals surface area contributed by atoms with Crippen LogP contribution in [0.25, 0.3) is 0 Å². The molecule has 114 valence electrons. The largest absolute Gasteiger partial charge is 1.00 e. The molecule has 20 heavy (non-hydrogen) atoms. The Kier molecular flexibility index (Phi) is 9.54. The standard InChI is InChI=1S/C12H22O6S.Na.H/c1-18-12(14)10(8-11(13)19(15,16)17)7-9-5-3-2-4-6-9;;/h9-11,13H,2-8H2,1H3,(H,15,16,17);;/q;+1;-1. The number of esters is 1. The van der Waals surface area contributed by atoms with Crippen LogP contribution >= 0.6 is 0 Å². The molecule has 0 aromatic rings. The van der Waals surface area contributed by atoms with Crippen molar-refractivity contribution in [1.82, 2.24) is 0 Å². The van der Waals surface area contributed by atoms with E-state index < -0.39 is 27.4 Å². The summed E-state index contributed by atoms with van der Waals surface area (Å²) < 4.78 is 35.1. The van der Waals surface area contributed by atoms with Gasteiger partial charge in [0.25, 0.3) is 10.1 Å². The summed E-state index contributed by atoms with van der Waals surface area (Å²) in [5.74, 6) is -0.871. The molecule has 0 spiro atoms. The van der Waals surface area contributed by atoms with Gasteiger partial charge in [0.2, 0.25) is 0 Å². The van der Waals surface area contributed by atoms with Crippen molar-refractivity contribution in [3.8, 4) is 0 Å². The number of carbonyl (C=O) groups excluding carboxylic acids is 1.